The van der Waals surface area contributed by atoms with E-state index in [4.69, 9.17) is 9.84 Å². The molecule has 0 aliphatic carbocycles. The third-order valence-corrected chi connectivity index (χ3v) is 1.58. The van der Waals surface area contributed by atoms with Crippen LogP contribution in [-0.4, -0.2) is 48.9 Å². The van der Waals surface area contributed by atoms with Gasteiger partial charge in [-0.2, -0.15) is 0 Å². The fourth-order valence-corrected chi connectivity index (χ4v) is 0.949. The highest BCUT2D eigenvalue weighted by Gasteiger charge is 2.21. The second kappa shape index (κ2) is 6.44. The van der Waals surface area contributed by atoms with E-state index >= 15 is 0 Å². The number of aliphatic hydroxyl groups excluding tert-OH is 1. The number of rotatable bonds is 5. The van der Waals surface area contributed by atoms with Gasteiger partial charge in [0, 0.05) is 0 Å². The Bertz CT molecular complexity index is 246. The van der Waals surface area contributed by atoms with Crippen molar-refractivity contribution in [2.45, 2.75) is 32.4 Å². The average Bonchev–Trinajstić information content (AvgIpc) is 2.15. The SMILES string of the molecule is COC(=O)C(CO)NCC(=O)OC(C)(C)C. The van der Waals surface area contributed by atoms with Gasteiger partial charge in [0.1, 0.15) is 11.6 Å². The molecule has 0 aliphatic rings. The highest BCUT2D eigenvalue weighted by Crippen LogP contribution is 2.06. The average molecular weight is 233 g/mol. The first-order valence-corrected chi connectivity index (χ1v) is 4.94. The number of carbonyl (C=O) groups excluding carboxylic acids is 2. The zero-order valence-electron chi connectivity index (χ0n) is 10.1. The van der Waals surface area contributed by atoms with E-state index in [-0.39, 0.29) is 6.54 Å². The molecule has 6 heteroatoms. The summed E-state index contributed by atoms with van der Waals surface area (Å²) in [7, 11) is 1.21. The second-order valence-electron chi connectivity index (χ2n) is 4.23. The molecule has 16 heavy (non-hydrogen) atoms. The molecule has 1 atom stereocenters. The maximum absolute atomic E-state index is 11.3. The Balaban J connectivity index is 4.03. The molecule has 0 bridgehead atoms. The monoisotopic (exact) mass is 233 g/mol. The molecule has 6 nitrogen and oxygen atoms in total. The summed E-state index contributed by atoms with van der Waals surface area (Å²) in [6.07, 6.45) is 0. The minimum Gasteiger partial charge on any atom is -0.468 e. The van der Waals surface area contributed by atoms with Crippen LogP contribution in [0.5, 0.6) is 0 Å². The van der Waals surface area contributed by atoms with Crippen LogP contribution in [0, 0.1) is 0 Å². The number of hydrogen-bond donors (Lipinski definition) is 2. The van der Waals surface area contributed by atoms with Crippen molar-refractivity contribution >= 4 is 11.9 Å². The number of ether oxygens (including phenoxy) is 2. The smallest absolute Gasteiger partial charge is 0.325 e. The summed E-state index contributed by atoms with van der Waals surface area (Å²) in [5.41, 5.74) is -0.571. The van der Waals surface area contributed by atoms with Crippen molar-refractivity contribution in [3.8, 4) is 0 Å². The summed E-state index contributed by atoms with van der Waals surface area (Å²) < 4.78 is 9.43. The Morgan fingerprint density at radius 3 is 2.31 bits per heavy atom. The van der Waals surface area contributed by atoms with Crippen LogP contribution in [0.3, 0.4) is 0 Å². The molecular formula is C10H19NO5. The van der Waals surface area contributed by atoms with E-state index in [0.717, 1.165) is 0 Å². The number of aliphatic hydroxyl groups is 1. The van der Waals surface area contributed by atoms with Gasteiger partial charge in [-0.3, -0.25) is 14.9 Å². The minimum atomic E-state index is -0.905. The van der Waals surface area contributed by atoms with E-state index in [1.807, 2.05) is 0 Å². The van der Waals surface area contributed by atoms with Crippen molar-refractivity contribution in [2.24, 2.45) is 0 Å². The molecule has 0 rings (SSSR count). The molecule has 0 aromatic rings. The molecule has 0 saturated heterocycles. The lowest BCUT2D eigenvalue weighted by Gasteiger charge is -2.20. The van der Waals surface area contributed by atoms with Crippen molar-refractivity contribution in [1.29, 1.82) is 0 Å². The number of hydrogen-bond acceptors (Lipinski definition) is 6. The summed E-state index contributed by atoms with van der Waals surface area (Å²) in [5, 5.41) is 11.4. The van der Waals surface area contributed by atoms with Gasteiger partial charge in [0.25, 0.3) is 0 Å². The van der Waals surface area contributed by atoms with E-state index < -0.39 is 30.2 Å². The summed E-state index contributed by atoms with van der Waals surface area (Å²) in [6, 6.07) is -0.905. The standard InChI is InChI=1S/C10H19NO5/c1-10(2,3)16-8(13)5-11-7(6-12)9(14)15-4/h7,11-12H,5-6H2,1-4H3. The molecule has 0 aromatic heterocycles. The Hall–Kier alpha value is -1.14. The van der Waals surface area contributed by atoms with Gasteiger partial charge in [-0.05, 0) is 20.8 Å². The summed E-state index contributed by atoms with van der Waals surface area (Å²) in [5.74, 6) is -1.11. The number of nitrogens with one attached hydrogen (secondary N) is 1. The van der Waals surface area contributed by atoms with Crippen LogP contribution in [0.1, 0.15) is 20.8 Å². The van der Waals surface area contributed by atoms with Crippen LogP contribution in [0.25, 0.3) is 0 Å². The lowest BCUT2D eigenvalue weighted by Crippen LogP contribution is -2.44. The molecule has 0 amide bonds. The van der Waals surface area contributed by atoms with E-state index in [1.54, 1.807) is 20.8 Å². The predicted octanol–water partition coefficient (Wildman–Crippen LogP) is -0.548. The van der Waals surface area contributed by atoms with Crippen LogP contribution in [0.4, 0.5) is 0 Å². The van der Waals surface area contributed by atoms with Crippen LogP contribution >= 0.6 is 0 Å². The van der Waals surface area contributed by atoms with Crippen LogP contribution in [0.15, 0.2) is 0 Å². The Morgan fingerprint density at radius 2 is 1.94 bits per heavy atom. The van der Waals surface area contributed by atoms with E-state index in [1.165, 1.54) is 7.11 Å². The fraction of sp³-hybridized carbons (Fsp3) is 0.800. The molecule has 0 fully saturated rings. The Labute approximate surface area is 94.9 Å². The van der Waals surface area contributed by atoms with Crippen molar-refractivity contribution in [3.63, 3.8) is 0 Å². The van der Waals surface area contributed by atoms with Gasteiger partial charge in [-0.15, -0.1) is 0 Å². The molecule has 94 valence electrons. The topological polar surface area (TPSA) is 84.9 Å². The molecule has 0 aromatic carbocycles. The van der Waals surface area contributed by atoms with Crippen molar-refractivity contribution in [1.82, 2.24) is 5.32 Å². The van der Waals surface area contributed by atoms with Gasteiger partial charge in [-0.1, -0.05) is 0 Å². The third kappa shape index (κ3) is 6.36. The first kappa shape index (κ1) is 14.9. The molecule has 0 heterocycles. The molecule has 0 radical (unpaired) electrons. The zero-order chi connectivity index (χ0) is 12.8. The molecule has 1 unspecified atom stereocenters. The van der Waals surface area contributed by atoms with Crippen LogP contribution < -0.4 is 5.32 Å². The number of esters is 2. The summed E-state index contributed by atoms with van der Waals surface area (Å²) >= 11 is 0. The van der Waals surface area contributed by atoms with Gasteiger partial charge in [0.2, 0.25) is 0 Å². The minimum absolute atomic E-state index is 0.155. The van der Waals surface area contributed by atoms with Crippen molar-refractivity contribution in [2.75, 3.05) is 20.3 Å². The van der Waals surface area contributed by atoms with Gasteiger partial charge >= 0.3 is 11.9 Å². The van der Waals surface area contributed by atoms with Crippen molar-refractivity contribution in [3.05, 3.63) is 0 Å². The van der Waals surface area contributed by atoms with Gasteiger partial charge in [-0.25, -0.2) is 0 Å². The van der Waals surface area contributed by atoms with Crippen molar-refractivity contribution < 1.29 is 24.2 Å². The number of methoxy groups -OCH3 is 1. The lowest BCUT2D eigenvalue weighted by molar-refractivity contribution is -0.154. The molecule has 0 spiro atoms. The Kier molecular flexibility index (Phi) is 5.98. The third-order valence-electron chi connectivity index (χ3n) is 1.58. The second-order valence-corrected chi connectivity index (χ2v) is 4.23. The molecule has 0 aliphatic heterocycles. The van der Waals surface area contributed by atoms with E-state index in [2.05, 4.69) is 10.1 Å². The lowest BCUT2D eigenvalue weighted by atomic mass is 10.2. The van der Waals surface area contributed by atoms with Gasteiger partial charge in [0.05, 0.1) is 20.3 Å². The predicted molar refractivity (Wildman–Crippen MR) is 56.7 cm³/mol. The molecular weight excluding hydrogens is 214 g/mol. The highest BCUT2D eigenvalue weighted by atomic mass is 16.6. The summed E-state index contributed by atoms with van der Waals surface area (Å²) in [6.45, 7) is 4.64. The largest absolute Gasteiger partial charge is 0.468 e. The normalized spacial score (nSPS) is 13.1. The number of carbonyl (C=O) groups is 2. The fourth-order valence-electron chi connectivity index (χ4n) is 0.949. The van der Waals surface area contributed by atoms with Crippen LogP contribution in [0.2, 0.25) is 0 Å². The van der Waals surface area contributed by atoms with Crippen LogP contribution in [-0.2, 0) is 19.1 Å². The maximum Gasteiger partial charge on any atom is 0.325 e. The Morgan fingerprint density at radius 1 is 1.38 bits per heavy atom. The van der Waals surface area contributed by atoms with Gasteiger partial charge < -0.3 is 14.6 Å². The first-order chi connectivity index (χ1) is 7.30. The maximum atomic E-state index is 11.3. The van der Waals surface area contributed by atoms with Gasteiger partial charge in [0.15, 0.2) is 0 Å². The quantitative estimate of drug-likeness (QED) is 0.620. The van der Waals surface area contributed by atoms with E-state index in [0.29, 0.717) is 0 Å². The zero-order valence-corrected chi connectivity index (χ0v) is 10.1. The highest BCUT2D eigenvalue weighted by molar-refractivity contribution is 5.77. The van der Waals surface area contributed by atoms with E-state index in [9.17, 15) is 9.59 Å². The molecule has 0 saturated carbocycles. The first-order valence-electron chi connectivity index (χ1n) is 4.94. The summed E-state index contributed by atoms with van der Waals surface area (Å²) in [4.78, 5) is 22.3. The molecule has 2 N–H and O–H groups in total.